The minimum Gasteiger partial charge on any atom is -0.325 e. The number of amides is 1. The van der Waals surface area contributed by atoms with Crippen molar-refractivity contribution in [2.24, 2.45) is 0 Å². The van der Waals surface area contributed by atoms with Gasteiger partial charge < -0.3 is 5.32 Å². The zero-order valence-electron chi connectivity index (χ0n) is 14.6. The molecular weight excluding hydrogens is 375 g/mol. The standard InChI is InChI=1S/C18H21FN2O3S2/c1-3-21(4-2)26(23,24)15-11-9-14(10-12-15)20-18(22)13-25-17-8-6-5-7-16(17)19/h5-12H,3-4,13H2,1-2H3,(H,20,22). The predicted octanol–water partition coefficient (Wildman–Crippen LogP) is 3.59. The fourth-order valence-electron chi connectivity index (χ4n) is 2.32. The number of hydrogen-bond acceptors (Lipinski definition) is 4. The van der Waals surface area contributed by atoms with Crippen LogP contribution >= 0.6 is 11.8 Å². The third-order valence-electron chi connectivity index (χ3n) is 3.68. The van der Waals surface area contributed by atoms with Gasteiger partial charge in [-0.3, -0.25) is 4.79 Å². The minimum atomic E-state index is -3.52. The fraction of sp³-hybridized carbons (Fsp3) is 0.278. The number of carbonyl (C=O) groups excluding carboxylic acids is 1. The van der Waals surface area contributed by atoms with Crippen LogP contribution in [0, 0.1) is 5.82 Å². The van der Waals surface area contributed by atoms with Crippen molar-refractivity contribution in [3.63, 3.8) is 0 Å². The van der Waals surface area contributed by atoms with Gasteiger partial charge in [0.15, 0.2) is 0 Å². The average molecular weight is 397 g/mol. The van der Waals surface area contributed by atoms with E-state index < -0.39 is 10.0 Å². The molecule has 1 amide bonds. The second-order valence-corrected chi connectivity index (χ2v) is 8.34. The van der Waals surface area contributed by atoms with E-state index in [0.717, 1.165) is 11.8 Å². The normalized spacial score (nSPS) is 11.5. The topological polar surface area (TPSA) is 66.5 Å². The summed E-state index contributed by atoms with van der Waals surface area (Å²) in [6, 6.07) is 12.3. The second-order valence-electron chi connectivity index (χ2n) is 5.38. The van der Waals surface area contributed by atoms with Crippen molar-refractivity contribution in [1.82, 2.24) is 4.31 Å². The number of halogens is 1. The molecule has 0 unspecified atom stereocenters. The highest BCUT2D eigenvalue weighted by atomic mass is 32.2. The van der Waals surface area contributed by atoms with E-state index in [-0.39, 0.29) is 22.4 Å². The van der Waals surface area contributed by atoms with E-state index in [2.05, 4.69) is 5.32 Å². The summed E-state index contributed by atoms with van der Waals surface area (Å²) in [4.78, 5) is 12.6. The third-order valence-corrected chi connectivity index (χ3v) is 6.79. The van der Waals surface area contributed by atoms with E-state index in [1.165, 1.54) is 22.5 Å². The first kappa shape index (κ1) is 20.4. The van der Waals surface area contributed by atoms with Gasteiger partial charge in [0.25, 0.3) is 0 Å². The van der Waals surface area contributed by atoms with Crippen molar-refractivity contribution in [3.8, 4) is 0 Å². The third kappa shape index (κ3) is 5.06. The molecule has 0 saturated carbocycles. The Hall–Kier alpha value is -1.90. The zero-order valence-corrected chi connectivity index (χ0v) is 16.2. The number of nitrogens with zero attached hydrogens (tertiary/aromatic N) is 1. The molecule has 0 atom stereocenters. The lowest BCUT2D eigenvalue weighted by Gasteiger charge is -2.18. The van der Waals surface area contributed by atoms with E-state index in [4.69, 9.17) is 0 Å². The van der Waals surface area contributed by atoms with Crippen molar-refractivity contribution in [3.05, 3.63) is 54.3 Å². The van der Waals surface area contributed by atoms with Crippen molar-refractivity contribution < 1.29 is 17.6 Å². The Kier molecular flexibility index (Phi) is 7.19. The van der Waals surface area contributed by atoms with Crippen molar-refractivity contribution in [2.75, 3.05) is 24.2 Å². The van der Waals surface area contributed by atoms with Gasteiger partial charge in [-0.15, -0.1) is 11.8 Å². The lowest BCUT2D eigenvalue weighted by Crippen LogP contribution is -2.30. The van der Waals surface area contributed by atoms with Crippen LogP contribution < -0.4 is 5.32 Å². The number of benzene rings is 2. The molecule has 5 nitrogen and oxygen atoms in total. The highest BCUT2D eigenvalue weighted by molar-refractivity contribution is 8.00. The lowest BCUT2D eigenvalue weighted by molar-refractivity contribution is -0.113. The number of sulfonamides is 1. The predicted molar refractivity (Wildman–Crippen MR) is 102 cm³/mol. The van der Waals surface area contributed by atoms with Crippen LogP contribution in [-0.4, -0.2) is 37.5 Å². The molecule has 0 aliphatic carbocycles. The smallest absolute Gasteiger partial charge is 0.243 e. The van der Waals surface area contributed by atoms with Gasteiger partial charge in [0.05, 0.1) is 10.6 Å². The van der Waals surface area contributed by atoms with Crippen LogP contribution in [0.1, 0.15) is 13.8 Å². The molecule has 0 saturated heterocycles. The number of carbonyl (C=O) groups is 1. The number of rotatable bonds is 8. The molecule has 0 aromatic heterocycles. The Morgan fingerprint density at radius 1 is 1.08 bits per heavy atom. The second kappa shape index (κ2) is 9.16. The number of anilines is 1. The minimum absolute atomic E-state index is 0.0560. The Labute approximate surface area is 157 Å². The summed E-state index contributed by atoms with van der Waals surface area (Å²) in [6.45, 7) is 4.35. The summed E-state index contributed by atoms with van der Waals surface area (Å²) < 4.78 is 39.7. The Balaban J connectivity index is 1.98. The molecule has 26 heavy (non-hydrogen) atoms. The molecule has 0 fully saturated rings. The van der Waals surface area contributed by atoms with Gasteiger partial charge in [0.1, 0.15) is 5.82 Å². The lowest BCUT2D eigenvalue weighted by atomic mass is 10.3. The Morgan fingerprint density at radius 2 is 1.69 bits per heavy atom. The summed E-state index contributed by atoms with van der Waals surface area (Å²) in [5, 5.41) is 2.68. The van der Waals surface area contributed by atoms with E-state index in [1.807, 2.05) is 0 Å². The molecule has 0 aliphatic rings. The maximum Gasteiger partial charge on any atom is 0.243 e. The van der Waals surface area contributed by atoms with Gasteiger partial charge in [0, 0.05) is 23.7 Å². The summed E-state index contributed by atoms with van der Waals surface area (Å²) >= 11 is 1.10. The first-order valence-electron chi connectivity index (χ1n) is 8.15. The van der Waals surface area contributed by atoms with Crippen LogP contribution in [0.3, 0.4) is 0 Å². The van der Waals surface area contributed by atoms with Crippen LogP contribution in [0.25, 0.3) is 0 Å². The molecular formula is C18H21FN2O3S2. The van der Waals surface area contributed by atoms with Gasteiger partial charge in [-0.25, -0.2) is 12.8 Å². The van der Waals surface area contributed by atoms with Gasteiger partial charge >= 0.3 is 0 Å². The quantitative estimate of drug-likeness (QED) is 0.693. The molecule has 0 spiro atoms. The molecule has 2 rings (SSSR count). The molecule has 2 aromatic carbocycles. The Bertz CT molecular complexity index is 851. The Morgan fingerprint density at radius 3 is 2.27 bits per heavy atom. The number of thioether (sulfide) groups is 1. The SMILES string of the molecule is CCN(CC)S(=O)(=O)c1ccc(NC(=O)CSc2ccccc2F)cc1. The van der Waals surface area contributed by atoms with Crippen LogP contribution in [0.2, 0.25) is 0 Å². The number of nitrogens with one attached hydrogen (secondary N) is 1. The molecule has 0 heterocycles. The maximum atomic E-state index is 13.5. The fourth-order valence-corrected chi connectivity index (χ4v) is 4.52. The van der Waals surface area contributed by atoms with Crippen LogP contribution in [0.5, 0.6) is 0 Å². The summed E-state index contributed by atoms with van der Waals surface area (Å²) in [5.74, 6) is -0.602. The van der Waals surface area contributed by atoms with E-state index in [9.17, 15) is 17.6 Å². The van der Waals surface area contributed by atoms with Crippen LogP contribution in [0.15, 0.2) is 58.3 Å². The van der Waals surface area contributed by atoms with Gasteiger partial charge in [-0.1, -0.05) is 26.0 Å². The summed E-state index contributed by atoms with van der Waals surface area (Å²) in [5.41, 5.74) is 0.489. The largest absolute Gasteiger partial charge is 0.325 e. The first-order valence-corrected chi connectivity index (χ1v) is 10.6. The van der Waals surface area contributed by atoms with Crippen molar-refractivity contribution in [2.45, 2.75) is 23.6 Å². The van der Waals surface area contributed by atoms with E-state index in [0.29, 0.717) is 23.7 Å². The molecule has 140 valence electrons. The monoisotopic (exact) mass is 396 g/mol. The highest BCUT2D eigenvalue weighted by Crippen LogP contribution is 2.22. The molecule has 2 aromatic rings. The zero-order chi connectivity index (χ0) is 19.2. The van der Waals surface area contributed by atoms with E-state index in [1.54, 1.807) is 44.2 Å². The van der Waals surface area contributed by atoms with Crippen molar-refractivity contribution in [1.29, 1.82) is 0 Å². The molecule has 0 bridgehead atoms. The van der Waals surface area contributed by atoms with Crippen LogP contribution in [-0.2, 0) is 14.8 Å². The van der Waals surface area contributed by atoms with Crippen LogP contribution in [0.4, 0.5) is 10.1 Å². The molecule has 1 N–H and O–H groups in total. The average Bonchev–Trinajstić information content (AvgIpc) is 2.62. The van der Waals surface area contributed by atoms with E-state index >= 15 is 0 Å². The van der Waals surface area contributed by atoms with Crippen molar-refractivity contribution >= 4 is 33.4 Å². The summed E-state index contributed by atoms with van der Waals surface area (Å²) in [6.07, 6.45) is 0. The molecule has 0 aliphatic heterocycles. The first-order chi connectivity index (χ1) is 12.4. The maximum absolute atomic E-state index is 13.5. The van der Waals surface area contributed by atoms with Gasteiger partial charge in [-0.2, -0.15) is 4.31 Å². The number of hydrogen-bond donors (Lipinski definition) is 1. The molecule has 0 radical (unpaired) electrons. The highest BCUT2D eigenvalue weighted by Gasteiger charge is 2.21. The van der Waals surface area contributed by atoms with Gasteiger partial charge in [0.2, 0.25) is 15.9 Å². The molecule has 8 heteroatoms. The summed E-state index contributed by atoms with van der Waals surface area (Å²) in [7, 11) is -3.52. The van der Waals surface area contributed by atoms with Gasteiger partial charge in [-0.05, 0) is 36.4 Å².